The van der Waals surface area contributed by atoms with Gasteiger partial charge in [-0.05, 0) is 46.6 Å². The van der Waals surface area contributed by atoms with Gasteiger partial charge in [0.2, 0.25) is 0 Å². The van der Waals surface area contributed by atoms with E-state index in [1.165, 1.54) is 12.4 Å². The van der Waals surface area contributed by atoms with E-state index in [-0.39, 0.29) is 5.91 Å². The van der Waals surface area contributed by atoms with Crippen molar-refractivity contribution in [3.8, 4) is 0 Å². The Balaban J connectivity index is 2.30. The van der Waals surface area contributed by atoms with Crippen LogP contribution in [-0.4, -0.2) is 10.9 Å². The number of rotatable bonds is 2. The number of hydrogen-bond donors (Lipinski definition) is 1. The summed E-state index contributed by atoms with van der Waals surface area (Å²) in [5, 5.41) is 3.64. The summed E-state index contributed by atoms with van der Waals surface area (Å²) in [6.07, 6.45) is 2.94. The molecule has 0 aliphatic heterocycles. The highest BCUT2D eigenvalue weighted by molar-refractivity contribution is 9.10. The third kappa shape index (κ3) is 3.26. The first-order valence-electron chi connectivity index (χ1n) is 5.35. The number of benzene rings is 1. The highest BCUT2D eigenvalue weighted by Crippen LogP contribution is 2.29. The van der Waals surface area contributed by atoms with Gasteiger partial charge in [0.1, 0.15) is 0 Å². The molecule has 2 aromatic rings. The Hall–Kier alpha value is -1.10. The standard InChI is InChI=1S/C13H9BrCl2N2O/c1-7-4-9(14)12(5-10(7)15)18-13(19)8-2-3-17-6-11(8)16/h2-6H,1H3,(H,18,19). The van der Waals surface area contributed by atoms with Crippen molar-refractivity contribution in [2.45, 2.75) is 6.92 Å². The van der Waals surface area contributed by atoms with Gasteiger partial charge in [0, 0.05) is 21.9 Å². The number of halogens is 3. The summed E-state index contributed by atoms with van der Waals surface area (Å²) >= 11 is 15.3. The van der Waals surface area contributed by atoms with Crippen LogP contribution in [0.2, 0.25) is 10.0 Å². The molecule has 0 atom stereocenters. The Morgan fingerprint density at radius 3 is 2.74 bits per heavy atom. The lowest BCUT2D eigenvalue weighted by atomic mass is 10.2. The zero-order valence-corrected chi connectivity index (χ0v) is 13.0. The minimum absolute atomic E-state index is 0.300. The minimum atomic E-state index is -0.312. The van der Waals surface area contributed by atoms with Crippen LogP contribution in [0.15, 0.2) is 35.1 Å². The molecule has 2 rings (SSSR count). The summed E-state index contributed by atoms with van der Waals surface area (Å²) in [5.41, 5.74) is 1.88. The summed E-state index contributed by atoms with van der Waals surface area (Å²) in [4.78, 5) is 15.9. The molecule has 19 heavy (non-hydrogen) atoms. The maximum absolute atomic E-state index is 12.1. The summed E-state index contributed by atoms with van der Waals surface area (Å²) in [6.45, 7) is 1.89. The fourth-order valence-electron chi connectivity index (χ4n) is 1.49. The van der Waals surface area contributed by atoms with Crippen molar-refractivity contribution in [3.05, 3.63) is 56.2 Å². The topological polar surface area (TPSA) is 42.0 Å². The molecule has 0 radical (unpaired) electrons. The Morgan fingerprint density at radius 2 is 2.05 bits per heavy atom. The third-order valence-corrected chi connectivity index (χ3v) is 3.88. The van der Waals surface area contributed by atoms with Crippen molar-refractivity contribution in [1.82, 2.24) is 4.98 Å². The Labute approximate surface area is 129 Å². The van der Waals surface area contributed by atoms with Gasteiger partial charge in [0.25, 0.3) is 5.91 Å². The smallest absolute Gasteiger partial charge is 0.257 e. The lowest BCUT2D eigenvalue weighted by Crippen LogP contribution is -2.13. The van der Waals surface area contributed by atoms with Gasteiger partial charge < -0.3 is 5.32 Å². The molecule has 0 bridgehead atoms. The number of amides is 1. The van der Waals surface area contributed by atoms with Gasteiger partial charge in [-0.25, -0.2) is 0 Å². The Bertz CT molecular complexity index is 647. The van der Waals surface area contributed by atoms with E-state index in [1.54, 1.807) is 12.1 Å². The predicted octanol–water partition coefficient (Wildman–Crippen LogP) is 4.71. The second-order valence-corrected chi connectivity index (χ2v) is 5.56. The normalized spacial score (nSPS) is 10.3. The SMILES string of the molecule is Cc1cc(Br)c(NC(=O)c2ccncc2Cl)cc1Cl. The van der Waals surface area contributed by atoms with Crippen molar-refractivity contribution >= 4 is 50.7 Å². The summed E-state index contributed by atoms with van der Waals surface area (Å²) in [6, 6.07) is 5.08. The molecular weight excluding hydrogens is 351 g/mol. The van der Waals surface area contributed by atoms with E-state index >= 15 is 0 Å². The fraction of sp³-hybridized carbons (Fsp3) is 0.0769. The summed E-state index contributed by atoms with van der Waals surface area (Å²) in [5.74, 6) is -0.312. The molecule has 0 saturated heterocycles. The van der Waals surface area contributed by atoms with E-state index in [2.05, 4.69) is 26.2 Å². The molecular formula is C13H9BrCl2N2O. The van der Waals surface area contributed by atoms with Crippen LogP contribution in [-0.2, 0) is 0 Å². The number of anilines is 1. The van der Waals surface area contributed by atoms with Gasteiger partial charge in [-0.1, -0.05) is 23.2 Å². The van der Waals surface area contributed by atoms with Crippen LogP contribution < -0.4 is 5.32 Å². The lowest BCUT2D eigenvalue weighted by molar-refractivity contribution is 0.102. The van der Waals surface area contributed by atoms with Gasteiger partial charge in [-0.15, -0.1) is 0 Å². The molecule has 3 nitrogen and oxygen atoms in total. The Kier molecular flexibility index (Phi) is 4.45. The second-order valence-electron chi connectivity index (χ2n) is 3.89. The quantitative estimate of drug-likeness (QED) is 0.843. The number of hydrogen-bond acceptors (Lipinski definition) is 2. The van der Waals surface area contributed by atoms with Crippen LogP contribution in [0.3, 0.4) is 0 Å². The number of nitrogens with zero attached hydrogens (tertiary/aromatic N) is 1. The highest BCUT2D eigenvalue weighted by atomic mass is 79.9. The van der Waals surface area contributed by atoms with Crippen LogP contribution in [0, 0.1) is 6.92 Å². The molecule has 0 fully saturated rings. The monoisotopic (exact) mass is 358 g/mol. The molecule has 1 heterocycles. The average molecular weight is 360 g/mol. The average Bonchev–Trinajstić information content (AvgIpc) is 2.36. The molecule has 1 amide bonds. The molecule has 0 aliphatic carbocycles. The van der Waals surface area contributed by atoms with E-state index in [9.17, 15) is 4.79 Å². The largest absolute Gasteiger partial charge is 0.321 e. The number of aryl methyl sites for hydroxylation is 1. The maximum Gasteiger partial charge on any atom is 0.257 e. The van der Waals surface area contributed by atoms with Gasteiger partial charge in [0.15, 0.2) is 0 Å². The van der Waals surface area contributed by atoms with E-state index in [0.29, 0.717) is 21.3 Å². The number of carbonyl (C=O) groups excluding carboxylic acids is 1. The van der Waals surface area contributed by atoms with Crippen molar-refractivity contribution in [3.63, 3.8) is 0 Å². The fourth-order valence-corrected chi connectivity index (χ4v) is 2.42. The van der Waals surface area contributed by atoms with Gasteiger partial charge in [-0.3, -0.25) is 9.78 Å². The van der Waals surface area contributed by atoms with Crippen LogP contribution >= 0.6 is 39.1 Å². The minimum Gasteiger partial charge on any atom is -0.321 e. The molecule has 98 valence electrons. The molecule has 1 aromatic carbocycles. The van der Waals surface area contributed by atoms with Crippen molar-refractivity contribution < 1.29 is 4.79 Å². The molecule has 0 unspecified atom stereocenters. The van der Waals surface area contributed by atoms with Crippen molar-refractivity contribution in [2.75, 3.05) is 5.32 Å². The zero-order chi connectivity index (χ0) is 14.0. The van der Waals surface area contributed by atoms with Crippen molar-refractivity contribution in [1.29, 1.82) is 0 Å². The first-order valence-corrected chi connectivity index (χ1v) is 6.90. The summed E-state index contributed by atoms with van der Waals surface area (Å²) < 4.78 is 0.757. The molecule has 0 aliphatic rings. The first kappa shape index (κ1) is 14.3. The number of carbonyl (C=O) groups is 1. The molecule has 6 heteroatoms. The van der Waals surface area contributed by atoms with Gasteiger partial charge in [-0.2, -0.15) is 0 Å². The lowest BCUT2D eigenvalue weighted by Gasteiger charge is -2.10. The predicted molar refractivity (Wildman–Crippen MR) is 81.1 cm³/mol. The second kappa shape index (κ2) is 5.90. The van der Waals surface area contributed by atoms with E-state index in [4.69, 9.17) is 23.2 Å². The number of pyridine rings is 1. The number of nitrogens with one attached hydrogen (secondary N) is 1. The first-order chi connectivity index (χ1) is 8.99. The van der Waals surface area contributed by atoms with E-state index in [0.717, 1.165) is 10.0 Å². The molecule has 0 saturated carbocycles. The zero-order valence-electron chi connectivity index (χ0n) is 9.88. The van der Waals surface area contributed by atoms with E-state index in [1.807, 2.05) is 13.0 Å². The third-order valence-electron chi connectivity index (χ3n) is 2.51. The molecule has 1 N–H and O–H groups in total. The number of aromatic nitrogens is 1. The van der Waals surface area contributed by atoms with Crippen LogP contribution in [0.4, 0.5) is 5.69 Å². The molecule has 1 aromatic heterocycles. The van der Waals surface area contributed by atoms with Gasteiger partial charge in [0.05, 0.1) is 16.3 Å². The van der Waals surface area contributed by atoms with Crippen LogP contribution in [0.5, 0.6) is 0 Å². The summed E-state index contributed by atoms with van der Waals surface area (Å²) in [7, 11) is 0. The Morgan fingerprint density at radius 1 is 1.32 bits per heavy atom. The maximum atomic E-state index is 12.1. The van der Waals surface area contributed by atoms with Crippen LogP contribution in [0.1, 0.15) is 15.9 Å². The highest BCUT2D eigenvalue weighted by Gasteiger charge is 2.12. The van der Waals surface area contributed by atoms with Crippen LogP contribution in [0.25, 0.3) is 0 Å². The van der Waals surface area contributed by atoms with E-state index < -0.39 is 0 Å². The van der Waals surface area contributed by atoms with Gasteiger partial charge >= 0.3 is 0 Å². The molecule has 0 spiro atoms. The van der Waals surface area contributed by atoms with Crippen molar-refractivity contribution in [2.24, 2.45) is 0 Å².